The molecular formula is C18H20ClIN5O-. The zero-order valence-corrected chi connectivity index (χ0v) is 17.9. The number of carbonyl (C=O) groups excluding carboxylic acids is 1. The monoisotopic (exact) mass is 484 g/mol. The van der Waals surface area contributed by atoms with Gasteiger partial charge in [-0.1, -0.05) is 0 Å². The van der Waals surface area contributed by atoms with Crippen LogP contribution < -0.4 is 31.8 Å². The molecule has 2 N–H and O–H groups in total. The van der Waals surface area contributed by atoms with Crippen LogP contribution >= 0.6 is 11.6 Å². The summed E-state index contributed by atoms with van der Waals surface area (Å²) in [4.78, 5) is 25.8. The van der Waals surface area contributed by atoms with E-state index in [1.807, 2.05) is 33.8 Å². The van der Waals surface area contributed by atoms with E-state index in [4.69, 9.17) is 11.6 Å². The van der Waals surface area contributed by atoms with Crippen molar-refractivity contribution in [1.29, 1.82) is 0 Å². The van der Waals surface area contributed by atoms with E-state index in [-0.39, 0.29) is 33.2 Å². The molecule has 3 rings (SSSR count). The van der Waals surface area contributed by atoms with Gasteiger partial charge in [-0.2, -0.15) is 0 Å². The summed E-state index contributed by atoms with van der Waals surface area (Å²) < 4.78 is 3.23. The summed E-state index contributed by atoms with van der Waals surface area (Å²) in [5.74, 6) is 1.12. The van der Waals surface area contributed by atoms with Crippen LogP contribution in [0.5, 0.6) is 0 Å². The first-order chi connectivity index (χ1) is 12.3. The van der Waals surface area contributed by atoms with Crippen LogP contribution in [0, 0.1) is 3.70 Å². The Morgan fingerprint density at radius 2 is 2.08 bits per heavy atom. The summed E-state index contributed by atoms with van der Waals surface area (Å²) in [6.45, 7) is 7.52. The first kappa shape index (κ1) is 19.0. The molecule has 0 spiro atoms. The molecule has 1 aliphatic rings. The van der Waals surface area contributed by atoms with E-state index in [0.29, 0.717) is 16.7 Å². The minimum atomic E-state index is -0.796. The quantitative estimate of drug-likeness (QED) is 0.458. The molecule has 0 saturated heterocycles. The van der Waals surface area contributed by atoms with Crippen LogP contribution in [0.25, 0.3) is 5.57 Å². The van der Waals surface area contributed by atoms with Gasteiger partial charge in [-0.15, -0.1) is 0 Å². The average Bonchev–Trinajstić information content (AvgIpc) is 2.97. The predicted octanol–water partition coefficient (Wildman–Crippen LogP) is -0.0985. The molecule has 138 valence electrons. The van der Waals surface area contributed by atoms with Gasteiger partial charge in [-0.3, -0.25) is 0 Å². The fourth-order valence-electron chi connectivity index (χ4n) is 2.41. The molecular weight excluding hydrogens is 465 g/mol. The Balaban J connectivity index is 1.84. The zero-order chi connectivity index (χ0) is 18.9. The zero-order valence-electron chi connectivity index (χ0n) is 15.0. The van der Waals surface area contributed by atoms with Crippen LogP contribution in [0.3, 0.4) is 0 Å². The van der Waals surface area contributed by atoms with Crippen molar-refractivity contribution in [1.82, 2.24) is 20.3 Å². The summed E-state index contributed by atoms with van der Waals surface area (Å²) in [6, 6.07) is 3.74. The molecule has 8 heteroatoms. The Labute approximate surface area is 168 Å². The SMILES string of the molecule is CC(C)NC(=O)C(C)(C)Nc1ccnc(C2=C[I-]c3ncc(Cl)cc32)n1. The number of fused-ring (bicyclic) bond motifs is 1. The Kier molecular flexibility index (Phi) is 5.47. The normalized spacial score (nSPS) is 13.7. The van der Waals surface area contributed by atoms with Crippen molar-refractivity contribution in [3.63, 3.8) is 0 Å². The van der Waals surface area contributed by atoms with Gasteiger partial charge in [-0.05, 0) is 0 Å². The molecule has 0 radical (unpaired) electrons. The van der Waals surface area contributed by atoms with Crippen LogP contribution in [-0.4, -0.2) is 32.4 Å². The number of amides is 1. The average molecular weight is 485 g/mol. The number of rotatable bonds is 5. The molecule has 3 heterocycles. The van der Waals surface area contributed by atoms with Crippen molar-refractivity contribution in [3.05, 3.63) is 48.7 Å². The molecule has 0 aromatic carbocycles. The Hall–Kier alpha value is -1.74. The summed E-state index contributed by atoms with van der Waals surface area (Å²) in [6.07, 6.45) is 3.36. The number of carbonyl (C=O) groups is 1. The van der Waals surface area contributed by atoms with Crippen LogP contribution in [0.2, 0.25) is 5.02 Å². The van der Waals surface area contributed by atoms with Crippen molar-refractivity contribution in [2.75, 3.05) is 5.32 Å². The molecule has 0 aliphatic carbocycles. The van der Waals surface area contributed by atoms with Crippen LogP contribution in [-0.2, 0) is 4.79 Å². The van der Waals surface area contributed by atoms with Crippen LogP contribution in [0.1, 0.15) is 39.1 Å². The van der Waals surface area contributed by atoms with Crippen LogP contribution in [0.4, 0.5) is 5.82 Å². The van der Waals surface area contributed by atoms with Gasteiger partial charge < -0.3 is 0 Å². The molecule has 0 fully saturated rings. The van der Waals surface area contributed by atoms with Crippen molar-refractivity contribution < 1.29 is 26.0 Å². The molecule has 1 amide bonds. The van der Waals surface area contributed by atoms with Crippen LogP contribution in [0.15, 0.2) is 28.6 Å². The Morgan fingerprint density at radius 1 is 1.31 bits per heavy atom. The van der Waals surface area contributed by atoms with Crippen molar-refractivity contribution in [2.24, 2.45) is 0 Å². The van der Waals surface area contributed by atoms with E-state index in [0.717, 1.165) is 14.8 Å². The van der Waals surface area contributed by atoms with Gasteiger partial charge in [0.05, 0.1) is 0 Å². The maximum absolute atomic E-state index is 12.4. The number of aromatic nitrogens is 3. The molecule has 0 saturated carbocycles. The van der Waals surface area contributed by atoms with Gasteiger partial charge >= 0.3 is 168 Å². The summed E-state index contributed by atoms with van der Waals surface area (Å²) in [7, 11) is 0. The third-order valence-corrected chi connectivity index (χ3v) is 6.28. The number of hydrogen-bond acceptors (Lipinski definition) is 5. The van der Waals surface area contributed by atoms with E-state index in [1.54, 1.807) is 18.5 Å². The molecule has 26 heavy (non-hydrogen) atoms. The van der Waals surface area contributed by atoms with Gasteiger partial charge in [0.1, 0.15) is 0 Å². The third kappa shape index (κ3) is 4.15. The Morgan fingerprint density at radius 3 is 2.81 bits per heavy atom. The fourth-order valence-corrected chi connectivity index (χ4v) is 4.87. The summed E-state index contributed by atoms with van der Waals surface area (Å²) in [5, 5.41) is 6.72. The van der Waals surface area contributed by atoms with Gasteiger partial charge in [0.15, 0.2) is 0 Å². The third-order valence-electron chi connectivity index (χ3n) is 3.69. The second-order valence-corrected chi connectivity index (χ2v) is 9.47. The number of pyridine rings is 1. The molecule has 2 aromatic heterocycles. The van der Waals surface area contributed by atoms with Crippen molar-refractivity contribution >= 4 is 28.9 Å². The number of nitrogens with one attached hydrogen (secondary N) is 2. The van der Waals surface area contributed by atoms with Gasteiger partial charge in [0, 0.05) is 0 Å². The Bertz CT molecular complexity index is 882. The number of nitrogens with zero attached hydrogens (tertiary/aromatic N) is 3. The van der Waals surface area contributed by atoms with Gasteiger partial charge in [0.2, 0.25) is 0 Å². The minimum absolute atomic E-state index is 0.0749. The molecule has 0 atom stereocenters. The number of anilines is 1. The van der Waals surface area contributed by atoms with E-state index in [1.165, 1.54) is 0 Å². The van der Waals surface area contributed by atoms with Gasteiger partial charge in [0.25, 0.3) is 0 Å². The molecule has 0 bridgehead atoms. The summed E-state index contributed by atoms with van der Waals surface area (Å²) in [5.41, 5.74) is 1.16. The number of hydrogen-bond donors (Lipinski definition) is 2. The fraction of sp³-hybridized carbons (Fsp3) is 0.333. The molecule has 0 unspecified atom stereocenters. The van der Waals surface area contributed by atoms with E-state index in [2.05, 4.69) is 29.7 Å². The second kappa shape index (κ2) is 7.48. The topological polar surface area (TPSA) is 79.8 Å². The van der Waals surface area contributed by atoms with Crippen molar-refractivity contribution in [2.45, 2.75) is 39.3 Å². The first-order valence-electron chi connectivity index (χ1n) is 8.18. The van der Waals surface area contributed by atoms with Crippen molar-refractivity contribution in [3.8, 4) is 0 Å². The van der Waals surface area contributed by atoms with E-state index >= 15 is 0 Å². The standard InChI is InChI=1S/C18H20ClIN5O/c1-10(2)23-17(26)18(3,4)25-14-5-6-21-16(24-14)13-8-20-15-12(13)7-11(19)9-22-15/h5-10H,1-4H3,(H,23,26)(H,21,24,25)/q-1. The summed E-state index contributed by atoms with van der Waals surface area (Å²) >= 11 is 5.78. The van der Waals surface area contributed by atoms with E-state index < -0.39 is 5.54 Å². The second-order valence-electron chi connectivity index (χ2n) is 6.77. The first-order valence-corrected chi connectivity index (χ1v) is 10.9. The molecule has 6 nitrogen and oxygen atoms in total. The molecule has 1 aliphatic heterocycles. The predicted molar refractivity (Wildman–Crippen MR) is 98.0 cm³/mol. The van der Waals surface area contributed by atoms with Gasteiger partial charge in [-0.25, -0.2) is 0 Å². The number of halogens is 2. The molecule has 2 aromatic rings. The van der Waals surface area contributed by atoms with E-state index in [9.17, 15) is 4.79 Å². The maximum atomic E-state index is 12.4.